The summed E-state index contributed by atoms with van der Waals surface area (Å²) in [6.07, 6.45) is 1.50. The summed E-state index contributed by atoms with van der Waals surface area (Å²) in [6, 6.07) is 13.2. The standard InChI is InChI=1S/C16H16BrN3O3S/c1-20(2)24(22,23)15-8-4-6-13(10-15)16(21)19-18-11-12-5-3-7-14(17)9-12/h3-11H,1-2H3,(H,19,21)/b18-11-. The third-order valence-corrected chi connectivity index (χ3v) is 5.41. The summed E-state index contributed by atoms with van der Waals surface area (Å²) < 4.78 is 26.2. The Kier molecular flexibility index (Phi) is 5.87. The largest absolute Gasteiger partial charge is 0.271 e. The Morgan fingerprint density at radius 1 is 1.17 bits per heavy atom. The highest BCUT2D eigenvalue weighted by molar-refractivity contribution is 9.10. The van der Waals surface area contributed by atoms with Crippen molar-refractivity contribution in [3.8, 4) is 0 Å². The third kappa shape index (κ3) is 4.50. The van der Waals surface area contributed by atoms with E-state index in [0.717, 1.165) is 14.3 Å². The van der Waals surface area contributed by atoms with Gasteiger partial charge in [-0.25, -0.2) is 18.1 Å². The van der Waals surface area contributed by atoms with Crippen molar-refractivity contribution in [3.63, 3.8) is 0 Å². The Morgan fingerprint density at radius 2 is 1.88 bits per heavy atom. The zero-order valence-electron chi connectivity index (χ0n) is 13.1. The zero-order chi connectivity index (χ0) is 17.7. The fraction of sp³-hybridized carbons (Fsp3) is 0.125. The van der Waals surface area contributed by atoms with Crippen LogP contribution in [0.5, 0.6) is 0 Å². The van der Waals surface area contributed by atoms with Crippen molar-refractivity contribution in [2.45, 2.75) is 4.90 Å². The van der Waals surface area contributed by atoms with Gasteiger partial charge in [0.1, 0.15) is 0 Å². The molecule has 0 heterocycles. The molecule has 0 fully saturated rings. The van der Waals surface area contributed by atoms with E-state index in [0.29, 0.717) is 0 Å². The quantitative estimate of drug-likeness (QED) is 0.608. The smallest absolute Gasteiger partial charge is 0.267 e. The second-order valence-electron chi connectivity index (χ2n) is 5.07. The predicted octanol–water partition coefficient (Wildman–Crippen LogP) is 2.46. The molecule has 2 aromatic carbocycles. The molecule has 0 radical (unpaired) electrons. The number of halogens is 1. The van der Waals surface area contributed by atoms with Crippen molar-refractivity contribution in [3.05, 3.63) is 64.1 Å². The molecule has 1 amide bonds. The summed E-state index contributed by atoms with van der Waals surface area (Å²) in [4.78, 5) is 12.2. The van der Waals surface area contributed by atoms with Crippen LogP contribution in [0, 0.1) is 0 Å². The number of nitrogens with zero attached hydrogens (tertiary/aromatic N) is 2. The first-order chi connectivity index (χ1) is 11.3. The van der Waals surface area contributed by atoms with E-state index in [2.05, 4.69) is 26.5 Å². The molecule has 0 atom stereocenters. The first-order valence-corrected chi connectivity index (χ1v) is 9.15. The molecule has 24 heavy (non-hydrogen) atoms. The molecule has 2 rings (SSSR count). The van der Waals surface area contributed by atoms with Gasteiger partial charge in [-0.2, -0.15) is 5.10 Å². The molecule has 0 spiro atoms. The normalized spacial score (nSPS) is 11.8. The van der Waals surface area contributed by atoms with Crippen LogP contribution in [-0.4, -0.2) is 38.9 Å². The number of rotatable bonds is 5. The van der Waals surface area contributed by atoms with E-state index in [-0.39, 0.29) is 10.5 Å². The first-order valence-electron chi connectivity index (χ1n) is 6.92. The SMILES string of the molecule is CN(C)S(=O)(=O)c1cccc(C(=O)N/N=C\c2cccc(Br)c2)c1. The summed E-state index contributed by atoms with van der Waals surface area (Å²) in [5.41, 5.74) is 3.41. The van der Waals surface area contributed by atoms with Gasteiger partial charge in [0.15, 0.2) is 0 Å². The molecule has 126 valence electrons. The molecule has 6 nitrogen and oxygen atoms in total. The molecular formula is C16H16BrN3O3S. The fourth-order valence-electron chi connectivity index (χ4n) is 1.83. The molecule has 1 N–H and O–H groups in total. The predicted molar refractivity (Wildman–Crippen MR) is 96.5 cm³/mol. The van der Waals surface area contributed by atoms with Crippen molar-refractivity contribution >= 4 is 38.1 Å². The van der Waals surface area contributed by atoms with Gasteiger partial charge in [0, 0.05) is 24.1 Å². The van der Waals surface area contributed by atoms with Gasteiger partial charge in [-0.3, -0.25) is 4.79 Å². The van der Waals surface area contributed by atoms with Crippen LogP contribution in [-0.2, 0) is 10.0 Å². The van der Waals surface area contributed by atoms with Gasteiger partial charge in [-0.15, -0.1) is 0 Å². The number of hydrogen-bond acceptors (Lipinski definition) is 4. The maximum absolute atomic E-state index is 12.1. The zero-order valence-corrected chi connectivity index (χ0v) is 15.5. The summed E-state index contributed by atoms with van der Waals surface area (Å²) >= 11 is 3.35. The minimum atomic E-state index is -3.59. The Hall–Kier alpha value is -2.03. The van der Waals surface area contributed by atoms with Crippen LogP contribution < -0.4 is 5.43 Å². The lowest BCUT2D eigenvalue weighted by Crippen LogP contribution is -2.23. The number of benzene rings is 2. The summed E-state index contributed by atoms with van der Waals surface area (Å²) in [5.74, 6) is -0.489. The van der Waals surface area contributed by atoms with Crippen molar-refractivity contribution < 1.29 is 13.2 Å². The molecule has 2 aromatic rings. The first kappa shape index (κ1) is 18.3. The van der Waals surface area contributed by atoms with Crippen LogP contribution >= 0.6 is 15.9 Å². The van der Waals surface area contributed by atoms with Gasteiger partial charge in [0.05, 0.1) is 11.1 Å². The number of hydrazone groups is 1. The third-order valence-electron chi connectivity index (χ3n) is 3.10. The van der Waals surface area contributed by atoms with E-state index in [9.17, 15) is 13.2 Å². The van der Waals surface area contributed by atoms with Crippen molar-refractivity contribution in [2.75, 3.05) is 14.1 Å². The Labute approximate surface area is 149 Å². The summed E-state index contributed by atoms with van der Waals surface area (Å²) in [7, 11) is -0.722. The molecule has 0 bridgehead atoms. The topological polar surface area (TPSA) is 78.8 Å². The Morgan fingerprint density at radius 3 is 2.54 bits per heavy atom. The molecule has 0 aliphatic rings. The molecule has 0 saturated heterocycles. The summed E-state index contributed by atoms with van der Waals surface area (Å²) in [6.45, 7) is 0. The van der Waals surface area contributed by atoms with Crippen LogP contribution in [0.15, 0.2) is 63.0 Å². The molecular weight excluding hydrogens is 394 g/mol. The van der Waals surface area contributed by atoms with E-state index in [1.807, 2.05) is 24.3 Å². The van der Waals surface area contributed by atoms with Gasteiger partial charge in [-0.05, 0) is 35.9 Å². The van der Waals surface area contributed by atoms with Gasteiger partial charge in [0.25, 0.3) is 5.91 Å². The average molecular weight is 410 g/mol. The van der Waals surface area contributed by atoms with Gasteiger partial charge < -0.3 is 0 Å². The van der Waals surface area contributed by atoms with Crippen LogP contribution in [0.3, 0.4) is 0 Å². The fourth-order valence-corrected chi connectivity index (χ4v) is 3.19. The second-order valence-corrected chi connectivity index (χ2v) is 8.14. The van der Waals surface area contributed by atoms with Crippen LogP contribution in [0.25, 0.3) is 0 Å². The second kappa shape index (κ2) is 7.69. The lowest BCUT2D eigenvalue weighted by Gasteiger charge is -2.11. The minimum absolute atomic E-state index is 0.0520. The van der Waals surface area contributed by atoms with Gasteiger partial charge in [-0.1, -0.05) is 34.1 Å². The Balaban J connectivity index is 2.13. The minimum Gasteiger partial charge on any atom is -0.267 e. The lowest BCUT2D eigenvalue weighted by molar-refractivity contribution is 0.0955. The molecule has 0 saturated carbocycles. The number of hydrogen-bond donors (Lipinski definition) is 1. The van der Waals surface area contributed by atoms with Crippen molar-refractivity contribution in [1.29, 1.82) is 0 Å². The highest BCUT2D eigenvalue weighted by Gasteiger charge is 2.18. The Bertz CT molecular complexity index is 880. The number of amides is 1. The van der Waals surface area contributed by atoms with E-state index < -0.39 is 15.9 Å². The molecule has 0 aliphatic carbocycles. The van der Waals surface area contributed by atoms with Crippen LogP contribution in [0.1, 0.15) is 15.9 Å². The highest BCUT2D eigenvalue weighted by Crippen LogP contribution is 2.15. The van der Waals surface area contributed by atoms with Gasteiger partial charge in [0.2, 0.25) is 10.0 Å². The number of nitrogens with one attached hydrogen (secondary N) is 1. The van der Waals surface area contributed by atoms with E-state index in [1.165, 1.54) is 44.6 Å². The van der Waals surface area contributed by atoms with Crippen molar-refractivity contribution in [1.82, 2.24) is 9.73 Å². The average Bonchev–Trinajstić information content (AvgIpc) is 2.55. The molecule has 0 aliphatic heterocycles. The molecule has 0 unspecified atom stereocenters. The van der Waals surface area contributed by atoms with Crippen LogP contribution in [0.2, 0.25) is 0 Å². The maximum Gasteiger partial charge on any atom is 0.271 e. The number of sulfonamides is 1. The molecule has 0 aromatic heterocycles. The lowest BCUT2D eigenvalue weighted by atomic mass is 10.2. The van der Waals surface area contributed by atoms with Crippen LogP contribution in [0.4, 0.5) is 0 Å². The van der Waals surface area contributed by atoms with E-state index >= 15 is 0 Å². The highest BCUT2D eigenvalue weighted by atomic mass is 79.9. The number of carbonyl (C=O) groups excluding carboxylic acids is 1. The summed E-state index contributed by atoms with van der Waals surface area (Å²) in [5, 5.41) is 3.88. The molecule has 8 heteroatoms. The van der Waals surface area contributed by atoms with E-state index in [1.54, 1.807) is 0 Å². The van der Waals surface area contributed by atoms with Crippen molar-refractivity contribution in [2.24, 2.45) is 5.10 Å². The number of carbonyl (C=O) groups is 1. The van der Waals surface area contributed by atoms with E-state index in [4.69, 9.17) is 0 Å². The monoisotopic (exact) mass is 409 g/mol. The van der Waals surface area contributed by atoms with Gasteiger partial charge >= 0.3 is 0 Å². The maximum atomic E-state index is 12.1.